The summed E-state index contributed by atoms with van der Waals surface area (Å²) in [7, 11) is -3.54. The lowest BCUT2D eigenvalue weighted by Crippen LogP contribution is -2.29. The van der Waals surface area contributed by atoms with Crippen LogP contribution in [0.25, 0.3) is 6.08 Å². The minimum atomic E-state index is -3.54. The Kier molecular flexibility index (Phi) is 7.85. The van der Waals surface area contributed by atoms with Crippen molar-refractivity contribution in [1.82, 2.24) is 4.31 Å². The number of sulfonamides is 1. The number of benzene rings is 2. The summed E-state index contributed by atoms with van der Waals surface area (Å²) in [4.78, 5) is 0. The Bertz CT molecular complexity index is 857. The van der Waals surface area contributed by atoms with E-state index >= 15 is 0 Å². The van der Waals surface area contributed by atoms with E-state index in [1.807, 2.05) is 48.5 Å². The monoisotopic (exact) mass is 387 g/mol. The van der Waals surface area contributed by atoms with Gasteiger partial charge in [-0.2, -0.15) is 4.31 Å². The summed E-state index contributed by atoms with van der Waals surface area (Å²) in [5.74, 6) is 0. The third-order valence-corrected chi connectivity index (χ3v) is 5.45. The Morgan fingerprint density at radius 3 is 2.35 bits per heavy atom. The molecule has 0 aliphatic heterocycles. The SMILES string of the molecule is C=CCCN(Cc1ccc(Cl)cc1)S(=O)(=O)/C=C/C=C/c1ccccc1. The van der Waals surface area contributed by atoms with Crippen molar-refractivity contribution >= 4 is 27.7 Å². The summed E-state index contributed by atoms with van der Waals surface area (Å²) in [6.07, 6.45) is 7.43. The molecule has 136 valence electrons. The fraction of sp³-hybridized carbons (Fsp3) is 0.143. The molecule has 0 heterocycles. The second-order valence-electron chi connectivity index (χ2n) is 5.68. The Morgan fingerprint density at radius 2 is 1.69 bits per heavy atom. The number of allylic oxidation sites excluding steroid dienone is 2. The number of nitrogens with zero attached hydrogens (tertiary/aromatic N) is 1. The van der Waals surface area contributed by atoms with Crippen molar-refractivity contribution in [3.63, 3.8) is 0 Å². The maximum absolute atomic E-state index is 12.7. The van der Waals surface area contributed by atoms with E-state index in [1.54, 1.807) is 30.4 Å². The first-order chi connectivity index (χ1) is 12.5. The molecule has 2 rings (SSSR count). The van der Waals surface area contributed by atoms with Crippen LogP contribution in [0, 0.1) is 0 Å². The first-order valence-corrected chi connectivity index (χ1v) is 10.1. The number of rotatable bonds is 9. The minimum absolute atomic E-state index is 0.292. The summed E-state index contributed by atoms with van der Waals surface area (Å²) in [5, 5.41) is 1.85. The average Bonchev–Trinajstić information content (AvgIpc) is 2.64. The van der Waals surface area contributed by atoms with Gasteiger partial charge in [0.1, 0.15) is 0 Å². The molecule has 26 heavy (non-hydrogen) atoms. The highest BCUT2D eigenvalue weighted by Crippen LogP contribution is 2.15. The summed E-state index contributed by atoms with van der Waals surface area (Å²) in [6.45, 7) is 4.34. The predicted molar refractivity (Wildman–Crippen MR) is 110 cm³/mol. The molecule has 0 atom stereocenters. The van der Waals surface area contributed by atoms with Crippen molar-refractivity contribution in [2.24, 2.45) is 0 Å². The molecule has 0 aromatic heterocycles. The topological polar surface area (TPSA) is 37.4 Å². The van der Waals surface area contributed by atoms with Crippen molar-refractivity contribution in [3.8, 4) is 0 Å². The first kappa shape index (κ1) is 20.2. The van der Waals surface area contributed by atoms with Gasteiger partial charge in [-0.1, -0.05) is 72.3 Å². The molecule has 3 nitrogen and oxygen atoms in total. The molecule has 0 N–H and O–H groups in total. The molecular weight excluding hydrogens is 366 g/mol. The average molecular weight is 388 g/mol. The molecule has 0 unspecified atom stereocenters. The van der Waals surface area contributed by atoms with Gasteiger partial charge in [-0.25, -0.2) is 8.42 Å². The zero-order chi connectivity index (χ0) is 18.8. The Labute approximate surface area is 161 Å². The van der Waals surface area contributed by atoms with Crippen LogP contribution in [0.15, 0.2) is 84.8 Å². The molecule has 0 spiro atoms. The third-order valence-electron chi connectivity index (χ3n) is 3.66. The molecule has 5 heteroatoms. The number of hydrogen-bond donors (Lipinski definition) is 0. The maximum Gasteiger partial charge on any atom is 0.236 e. The molecule has 0 saturated heterocycles. The molecule has 2 aromatic carbocycles. The van der Waals surface area contributed by atoms with Gasteiger partial charge in [-0.15, -0.1) is 6.58 Å². The Morgan fingerprint density at radius 1 is 1.00 bits per heavy atom. The Balaban J connectivity index is 2.10. The number of hydrogen-bond acceptors (Lipinski definition) is 2. The smallest absolute Gasteiger partial charge is 0.207 e. The van der Waals surface area contributed by atoms with Crippen molar-refractivity contribution in [3.05, 3.63) is 101 Å². The summed E-state index contributed by atoms with van der Waals surface area (Å²) in [5.41, 5.74) is 1.90. The van der Waals surface area contributed by atoms with Crippen LogP contribution in [0.2, 0.25) is 5.02 Å². The molecule has 0 amide bonds. The van der Waals surface area contributed by atoms with Crippen LogP contribution in [0.5, 0.6) is 0 Å². The zero-order valence-electron chi connectivity index (χ0n) is 14.5. The fourth-order valence-corrected chi connectivity index (χ4v) is 3.56. The Hall–Kier alpha value is -2.14. The van der Waals surface area contributed by atoms with E-state index < -0.39 is 10.0 Å². The number of halogens is 1. The summed E-state index contributed by atoms with van der Waals surface area (Å²) in [6, 6.07) is 16.9. The van der Waals surface area contributed by atoms with Crippen molar-refractivity contribution in [2.45, 2.75) is 13.0 Å². The van der Waals surface area contributed by atoms with Gasteiger partial charge >= 0.3 is 0 Å². The minimum Gasteiger partial charge on any atom is -0.207 e. The maximum atomic E-state index is 12.7. The highest BCUT2D eigenvalue weighted by Gasteiger charge is 2.18. The van der Waals surface area contributed by atoms with Gasteiger partial charge in [0.05, 0.1) is 0 Å². The van der Waals surface area contributed by atoms with E-state index in [0.29, 0.717) is 24.5 Å². The molecule has 0 radical (unpaired) electrons. The van der Waals surface area contributed by atoms with Gasteiger partial charge in [0, 0.05) is 23.5 Å². The standard InChI is InChI=1S/C21H22ClNO2S/c1-2-3-16-23(18-20-12-14-21(22)15-13-20)26(24,25)17-8-7-11-19-9-5-4-6-10-19/h2,4-15,17H,1,3,16,18H2/b11-7+,17-8+. The van der Waals surface area contributed by atoms with Gasteiger partial charge in [0.15, 0.2) is 0 Å². The second kappa shape index (κ2) is 10.1. The van der Waals surface area contributed by atoms with Gasteiger partial charge in [-0.05, 0) is 35.8 Å². The molecule has 0 saturated carbocycles. The van der Waals surface area contributed by atoms with Crippen LogP contribution < -0.4 is 0 Å². The normalized spacial score (nSPS) is 12.2. The van der Waals surface area contributed by atoms with Crippen LogP contribution >= 0.6 is 11.6 Å². The van der Waals surface area contributed by atoms with Crippen molar-refractivity contribution in [2.75, 3.05) is 6.54 Å². The van der Waals surface area contributed by atoms with E-state index in [0.717, 1.165) is 11.1 Å². The summed E-state index contributed by atoms with van der Waals surface area (Å²) >= 11 is 5.89. The van der Waals surface area contributed by atoms with Crippen LogP contribution in [0.4, 0.5) is 0 Å². The van der Waals surface area contributed by atoms with Gasteiger partial charge < -0.3 is 0 Å². The molecule has 0 aliphatic carbocycles. The molecule has 2 aromatic rings. The van der Waals surface area contributed by atoms with E-state index in [2.05, 4.69) is 6.58 Å². The predicted octanol–water partition coefficient (Wildman–Crippen LogP) is 5.28. The quantitative estimate of drug-likeness (QED) is 0.434. The van der Waals surface area contributed by atoms with E-state index in [9.17, 15) is 8.42 Å². The van der Waals surface area contributed by atoms with E-state index in [4.69, 9.17) is 11.6 Å². The van der Waals surface area contributed by atoms with E-state index in [-0.39, 0.29) is 0 Å². The largest absolute Gasteiger partial charge is 0.236 e. The highest BCUT2D eigenvalue weighted by atomic mass is 35.5. The lowest BCUT2D eigenvalue weighted by Gasteiger charge is -2.19. The second-order valence-corrected chi connectivity index (χ2v) is 7.94. The first-order valence-electron chi connectivity index (χ1n) is 8.26. The van der Waals surface area contributed by atoms with E-state index in [1.165, 1.54) is 9.71 Å². The van der Waals surface area contributed by atoms with Gasteiger partial charge in [0.25, 0.3) is 0 Å². The molecule has 0 bridgehead atoms. The highest BCUT2D eigenvalue weighted by molar-refractivity contribution is 7.92. The van der Waals surface area contributed by atoms with Gasteiger partial charge in [-0.3, -0.25) is 0 Å². The molecule has 0 aliphatic rings. The van der Waals surface area contributed by atoms with Crippen LogP contribution in [-0.2, 0) is 16.6 Å². The summed E-state index contributed by atoms with van der Waals surface area (Å²) < 4.78 is 26.8. The van der Waals surface area contributed by atoms with Crippen LogP contribution in [0.1, 0.15) is 17.5 Å². The van der Waals surface area contributed by atoms with Crippen LogP contribution in [-0.4, -0.2) is 19.3 Å². The lowest BCUT2D eigenvalue weighted by atomic mass is 10.2. The van der Waals surface area contributed by atoms with Crippen molar-refractivity contribution < 1.29 is 8.42 Å². The zero-order valence-corrected chi connectivity index (χ0v) is 16.0. The lowest BCUT2D eigenvalue weighted by molar-refractivity contribution is 0.418. The third kappa shape index (κ3) is 6.64. The van der Waals surface area contributed by atoms with Gasteiger partial charge in [0.2, 0.25) is 10.0 Å². The van der Waals surface area contributed by atoms with Crippen LogP contribution in [0.3, 0.4) is 0 Å². The van der Waals surface area contributed by atoms with Crippen molar-refractivity contribution in [1.29, 1.82) is 0 Å². The molecular formula is C21H22ClNO2S. The fourth-order valence-electron chi connectivity index (χ4n) is 2.29. The molecule has 0 fully saturated rings.